The number of anilines is 1. The second-order valence-electron chi connectivity index (χ2n) is 5.44. The van der Waals surface area contributed by atoms with Gasteiger partial charge in [0.2, 0.25) is 0 Å². The average molecular weight is 325 g/mol. The molecule has 0 saturated carbocycles. The molecule has 1 amide bonds. The zero-order valence-electron chi connectivity index (χ0n) is 14.3. The largest absolute Gasteiger partial charge is 0.493 e. The number of nitrogens with one attached hydrogen (secondary N) is 2. The van der Waals surface area contributed by atoms with Crippen LogP contribution >= 0.6 is 0 Å². The zero-order valence-corrected chi connectivity index (χ0v) is 14.3. The lowest BCUT2D eigenvalue weighted by atomic mass is 10.1. The molecule has 0 aromatic heterocycles. The van der Waals surface area contributed by atoms with E-state index in [0.29, 0.717) is 6.61 Å². The summed E-state index contributed by atoms with van der Waals surface area (Å²) in [6, 6.07) is 13.6. The minimum absolute atomic E-state index is 0.161. The Bertz CT molecular complexity index is 726. The van der Waals surface area contributed by atoms with Gasteiger partial charge in [0, 0.05) is 11.3 Å². The Morgan fingerprint density at radius 2 is 2.00 bits per heavy atom. The van der Waals surface area contributed by atoms with Gasteiger partial charge >= 0.3 is 0 Å². The fraction of sp³-hybridized carbons (Fsp3) is 0.263. The van der Waals surface area contributed by atoms with E-state index in [0.717, 1.165) is 22.6 Å². The molecule has 2 rings (SSSR count). The van der Waals surface area contributed by atoms with Gasteiger partial charge in [-0.2, -0.15) is 5.10 Å². The Balaban J connectivity index is 1.87. The van der Waals surface area contributed by atoms with Gasteiger partial charge in [0.15, 0.2) is 0 Å². The van der Waals surface area contributed by atoms with Gasteiger partial charge in [-0.3, -0.25) is 4.79 Å². The summed E-state index contributed by atoms with van der Waals surface area (Å²) >= 11 is 0. The van der Waals surface area contributed by atoms with Gasteiger partial charge in [0.25, 0.3) is 5.91 Å². The molecule has 0 aliphatic heterocycles. The van der Waals surface area contributed by atoms with Gasteiger partial charge in [0.1, 0.15) is 5.75 Å². The van der Waals surface area contributed by atoms with Crippen LogP contribution < -0.4 is 15.5 Å². The molecule has 0 saturated heterocycles. The van der Waals surface area contributed by atoms with Crippen molar-refractivity contribution in [2.45, 2.75) is 20.8 Å². The van der Waals surface area contributed by atoms with Gasteiger partial charge < -0.3 is 10.1 Å². The molecule has 2 aromatic rings. The number of hydrogen-bond acceptors (Lipinski definition) is 4. The van der Waals surface area contributed by atoms with Crippen LogP contribution in [0.15, 0.2) is 47.6 Å². The highest BCUT2D eigenvalue weighted by atomic mass is 16.5. The van der Waals surface area contributed by atoms with E-state index in [-0.39, 0.29) is 12.5 Å². The summed E-state index contributed by atoms with van der Waals surface area (Å²) in [6.45, 7) is 6.72. The highest BCUT2D eigenvalue weighted by molar-refractivity contribution is 5.86. The molecule has 0 fully saturated rings. The van der Waals surface area contributed by atoms with Gasteiger partial charge in [-0.25, -0.2) is 5.43 Å². The van der Waals surface area contributed by atoms with Crippen LogP contribution in [-0.4, -0.2) is 25.3 Å². The van der Waals surface area contributed by atoms with E-state index in [1.54, 1.807) is 6.21 Å². The molecule has 0 aliphatic rings. The summed E-state index contributed by atoms with van der Waals surface area (Å²) in [7, 11) is 0. The Kier molecular flexibility index (Phi) is 6.37. The molecule has 0 bridgehead atoms. The smallest absolute Gasteiger partial charge is 0.259 e. The van der Waals surface area contributed by atoms with Crippen LogP contribution in [0.25, 0.3) is 0 Å². The summed E-state index contributed by atoms with van der Waals surface area (Å²) < 4.78 is 5.51. The third-order valence-corrected chi connectivity index (χ3v) is 3.43. The molecule has 2 N–H and O–H groups in total. The fourth-order valence-corrected chi connectivity index (χ4v) is 2.27. The molecule has 0 heterocycles. The maximum absolute atomic E-state index is 11.9. The maximum atomic E-state index is 11.9. The number of carbonyl (C=O) groups is 1. The van der Waals surface area contributed by atoms with Crippen molar-refractivity contribution in [3.8, 4) is 5.75 Å². The van der Waals surface area contributed by atoms with Crippen molar-refractivity contribution in [3.63, 3.8) is 0 Å². The van der Waals surface area contributed by atoms with Crippen LogP contribution in [-0.2, 0) is 4.79 Å². The first-order valence-electron chi connectivity index (χ1n) is 7.95. The Morgan fingerprint density at radius 1 is 1.21 bits per heavy atom. The van der Waals surface area contributed by atoms with E-state index in [2.05, 4.69) is 21.9 Å². The van der Waals surface area contributed by atoms with Crippen molar-refractivity contribution in [1.29, 1.82) is 0 Å². The third-order valence-electron chi connectivity index (χ3n) is 3.43. The van der Waals surface area contributed by atoms with E-state index in [1.807, 2.05) is 57.2 Å². The highest BCUT2D eigenvalue weighted by Crippen LogP contribution is 2.16. The SMILES string of the molecule is CCOc1ccccc1/C=N/NC(=O)CNc1ccc(C)cc1C. The van der Waals surface area contributed by atoms with Gasteiger partial charge in [-0.15, -0.1) is 0 Å². The number of benzene rings is 2. The van der Waals surface area contributed by atoms with Crippen molar-refractivity contribution in [2.75, 3.05) is 18.5 Å². The predicted molar refractivity (Wildman–Crippen MR) is 97.8 cm³/mol. The lowest BCUT2D eigenvalue weighted by Gasteiger charge is -2.09. The summed E-state index contributed by atoms with van der Waals surface area (Å²) in [5.41, 5.74) is 6.58. The quantitative estimate of drug-likeness (QED) is 0.607. The van der Waals surface area contributed by atoms with Crippen molar-refractivity contribution < 1.29 is 9.53 Å². The molecule has 0 spiro atoms. The molecule has 0 aliphatic carbocycles. The molecule has 24 heavy (non-hydrogen) atoms. The monoisotopic (exact) mass is 325 g/mol. The zero-order chi connectivity index (χ0) is 17.4. The van der Waals surface area contributed by atoms with E-state index in [4.69, 9.17) is 4.74 Å². The number of aryl methyl sites for hydroxylation is 2. The van der Waals surface area contributed by atoms with Crippen molar-refractivity contribution >= 4 is 17.8 Å². The van der Waals surface area contributed by atoms with Crippen LogP contribution in [0.2, 0.25) is 0 Å². The predicted octanol–water partition coefficient (Wildman–Crippen LogP) is 3.26. The minimum Gasteiger partial charge on any atom is -0.493 e. The highest BCUT2D eigenvalue weighted by Gasteiger charge is 2.03. The van der Waals surface area contributed by atoms with Crippen molar-refractivity contribution in [1.82, 2.24) is 5.43 Å². The van der Waals surface area contributed by atoms with Crippen LogP contribution in [0.1, 0.15) is 23.6 Å². The molecule has 0 radical (unpaired) electrons. The summed E-state index contributed by atoms with van der Waals surface area (Å²) in [5.74, 6) is 0.534. The maximum Gasteiger partial charge on any atom is 0.259 e. The molecular formula is C19H23N3O2. The number of para-hydroxylation sites is 1. The number of rotatable bonds is 7. The minimum atomic E-state index is -0.208. The van der Waals surface area contributed by atoms with Gasteiger partial charge in [0.05, 0.1) is 19.4 Å². The lowest BCUT2D eigenvalue weighted by Crippen LogP contribution is -2.26. The van der Waals surface area contributed by atoms with Crippen LogP contribution in [0, 0.1) is 13.8 Å². The molecule has 0 unspecified atom stereocenters. The molecule has 126 valence electrons. The average Bonchev–Trinajstić information content (AvgIpc) is 2.56. The fourth-order valence-electron chi connectivity index (χ4n) is 2.27. The number of hydrazone groups is 1. The van der Waals surface area contributed by atoms with E-state index in [9.17, 15) is 4.79 Å². The van der Waals surface area contributed by atoms with Gasteiger partial charge in [-0.05, 0) is 44.5 Å². The van der Waals surface area contributed by atoms with Crippen LogP contribution in [0.4, 0.5) is 5.69 Å². The summed E-state index contributed by atoms with van der Waals surface area (Å²) in [4.78, 5) is 11.9. The number of hydrogen-bond donors (Lipinski definition) is 2. The first kappa shape index (κ1) is 17.5. The van der Waals surface area contributed by atoms with E-state index < -0.39 is 0 Å². The molecule has 5 nitrogen and oxygen atoms in total. The Morgan fingerprint density at radius 3 is 2.75 bits per heavy atom. The summed E-state index contributed by atoms with van der Waals surface area (Å²) in [5, 5.41) is 7.10. The number of ether oxygens (including phenoxy) is 1. The first-order chi connectivity index (χ1) is 11.6. The first-order valence-corrected chi connectivity index (χ1v) is 7.95. The Labute approximate surface area is 142 Å². The number of carbonyl (C=O) groups excluding carboxylic acids is 1. The van der Waals surface area contributed by atoms with Crippen molar-refractivity contribution in [2.24, 2.45) is 5.10 Å². The van der Waals surface area contributed by atoms with Gasteiger partial charge in [-0.1, -0.05) is 29.8 Å². The van der Waals surface area contributed by atoms with E-state index in [1.165, 1.54) is 5.56 Å². The molecule has 0 atom stereocenters. The Hall–Kier alpha value is -2.82. The van der Waals surface area contributed by atoms with Crippen LogP contribution in [0.3, 0.4) is 0 Å². The third kappa shape index (κ3) is 5.12. The molecular weight excluding hydrogens is 302 g/mol. The standard InChI is InChI=1S/C19H23N3O2/c1-4-24-18-8-6-5-7-16(18)12-21-22-19(23)13-20-17-10-9-14(2)11-15(17)3/h5-12,20H,4,13H2,1-3H3,(H,22,23)/b21-12+. The number of nitrogens with zero attached hydrogens (tertiary/aromatic N) is 1. The second kappa shape index (κ2) is 8.72. The molecule has 5 heteroatoms. The number of amides is 1. The normalized spacial score (nSPS) is 10.6. The summed E-state index contributed by atoms with van der Waals surface area (Å²) in [6.07, 6.45) is 1.58. The van der Waals surface area contributed by atoms with E-state index >= 15 is 0 Å². The van der Waals surface area contributed by atoms with Crippen molar-refractivity contribution in [3.05, 3.63) is 59.2 Å². The van der Waals surface area contributed by atoms with Crippen LogP contribution in [0.5, 0.6) is 5.75 Å². The second-order valence-corrected chi connectivity index (χ2v) is 5.44. The topological polar surface area (TPSA) is 62.7 Å². The lowest BCUT2D eigenvalue weighted by molar-refractivity contribution is -0.119. The molecule has 2 aromatic carbocycles.